The maximum absolute atomic E-state index is 9.44. The molecule has 7 heteroatoms. The molecule has 3 N–H and O–H groups in total. The largest absolute Gasteiger partial charge is 0.504 e. The number of phenols is 2. The van der Waals surface area contributed by atoms with Gasteiger partial charge in [0.25, 0.3) is 0 Å². The van der Waals surface area contributed by atoms with Gasteiger partial charge in [0.15, 0.2) is 11.5 Å². The van der Waals surface area contributed by atoms with Gasteiger partial charge in [-0.1, -0.05) is 5.16 Å². The zero-order chi connectivity index (χ0) is 13.8. The highest BCUT2D eigenvalue weighted by atomic mass is 16.5. The molecular formula is C12H11N3O4. The van der Waals surface area contributed by atoms with Crippen LogP contribution in [0, 0.1) is 11.3 Å². The van der Waals surface area contributed by atoms with Crippen molar-refractivity contribution in [3.63, 3.8) is 0 Å². The first-order valence-corrected chi connectivity index (χ1v) is 5.50. The highest BCUT2D eigenvalue weighted by molar-refractivity contribution is 5.59. The second kappa shape index (κ2) is 5.37. The number of hydrogen-bond donors (Lipinski definition) is 3. The van der Waals surface area contributed by atoms with Gasteiger partial charge in [0.05, 0.1) is 25.0 Å². The smallest absolute Gasteiger partial charge is 0.229 e. The second-order valence-electron chi connectivity index (χ2n) is 3.94. The normalized spacial score (nSPS) is 12.0. The average molecular weight is 261 g/mol. The molecule has 0 aliphatic carbocycles. The first-order valence-electron chi connectivity index (χ1n) is 5.50. The summed E-state index contributed by atoms with van der Waals surface area (Å²) in [4.78, 5) is 4.03. The summed E-state index contributed by atoms with van der Waals surface area (Å²) in [5, 5.41) is 40.1. The molecule has 0 aliphatic rings. The van der Waals surface area contributed by atoms with Crippen molar-refractivity contribution in [1.29, 1.82) is 5.26 Å². The van der Waals surface area contributed by atoms with Gasteiger partial charge in [0.1, 0.15) is 0 Å². The quantitative estimate of drug-likeness (QED) is 0.700. The number of benzene rings is 1. The van der Waals surface area contributed by atoms with E-state index in [1.807, 2.05) is 6.07 Å². The van der Waals surface area contributed by atoms with Crippen LogP contribution in [0.15, 0.2) is 22.7 Å². The monoisotopic (exact) mass is 261 g/mol. The highest BCUT2D eigenvalue weighted by Gasteiger charge is 2.14. The van der Waals surface area contributed by atoms with Crippen molar-refractivity contribution < 1.29 is 19.8 Å². The molecular weight excluding hydrogens is 250 g/mol. The lowest BCUT2D eigenvalue weighted by molar-refractivity contribution is 0.167. The molecule has 2 rings (SSSR count). The number of aromatic nitrogens is 2. The molecule has 0 aliphatic heterocycles. The zero-order valence-electron chi connectivity index (χ0n) is 9.82. The van der Waals surface area contributed by atoms with E-state index in [9.17, 15) is 15.3 Å². The summed E-state index contributed by atoms with van der Waals surface area (Å²) in [5.41, 5.74) is 0.472. The Labute approximate surface area is 108 Å². The van der Waals surface area contributed by atoms with Crippen LogP contribution in [0.1, 0.15) is 12.3 Å². The fourth-order valence-corrected chi connectivity index (χ4v) is 1.50. The van der Waals surface area contributed by atoms with E-state index in [1.54, 1.807) is 0 Å². The van der Waals surface area contributed by atoms with Crippen LogP contribution in [0.25, 0.3) is 11.4 Å². The number of nitriles is 1. The summed E-state index contributed by atoms with van der Waals surface area (Å²) < 4.78 is 4.93. The van der Waals surface area contributed by atoms with E-state index in [0.29, 0.717) is 5.56 Å². The number of phenolic OH excluding ortho intramolecular Hbond substituents is 2. The summed E-state index contributed by atoms with van der Waals surface area (Å²) in [7, 11) is 0. The lowest BCUT2D eigenvalue weighted by Crippen LogP contribution is -2.09. The van der Waals surface area contributed by atoms with E-state index in [1.165, 1.54) is 18.2 Å². The van der Waals surface area contributed by atoms with Crippen molar-refractivity contribution in [3.05, 3.63) is 24.1 Å². The van der Waals surface area contributed by atoms with Crippen molar-refractivity contribution in [1.82, 2.24) is 10.1 Å². The number of nitrogens with zero attached hydrogens (tertiary/aromatic N) is 3. The van der Waals surface area contributed by atoms with Crippen LogP contribution in [0.4, 0.5) is 0 Å². The third kappa shape index (κ3) is 3.00. The van der Waals surface area contributed by atoms with Crippen molar-refractivity contribution in [2.45, 2.75) is 18.9 Å². The number of aliphatic hydroxyl groups excluding tert-OH is 1. The predicted molar refractivity (Wildman–Crippen MR) is 63.0 cm³/mol. The SMILES string of the molecule is N#CCC(O)Cc1nc(-c2ccc(O)c(O)c2)no1. The van der Waals surface area contributed by atoms with Crippen molar-refractivity contribution >= 4 is 0 Å². The van der Waals surface area contributed by atoms with E-state index in [4.69, 9.17) is 9.78 Å². The molecule has 1 unspecified atom stereocenters. The minimum Gasteiger partial charge on any atom is -0.504 e. The summed E-state index contributed by atoms with van der Waals surface area (Å²) in [5.74, 6) is -0.0925. The summed E-state index contributed by atoms with van der Waals surface area (Å²) in [6, 6.07) is 5.97. The molecule has 1 aromatic carbocycles. The Morgan fingerprint density at radius 1 is 1.32 bits per heavy atom. The van der Waals surface area contributed by atoms with Crippen LogP contribution in [0.2, 0.25) is 0 Å². The summed E-state index contributed by atoms with van der Waals surface area (Å²) in [6.07, 6.45) is -0.783. The van der Waals surface area contributed by atoms with Gasteiger partial charge in [-0.25, -0.2) is 0 Å². The number of aromatic hydroxyl groups is 2. The van der Waals surface area contributed by atoms with Crippen molar-refractivity contribution in [2.24, 2.45) is 0 Å². The van der Waals surface area contributed by atoms with E-state index in [2.05, 4.69) is 10.1 Å². The van der Waals surface area contributed by atoms with E-state index >= 15 is 0 Å². The molecule has 0 saturated carbocycles. The fourth-order valence-electron chi connectivity index (χ4n) is 1.50. The van der Waals surface area contributed by atoms with Gasteiger partial charge in [-0.2, -0.15) is 10.2 Å². The van der Waals surface area contributed by atoms with Gasteiger partial charge in [-0.15, -0.1) is 0 Å². The van der Waals surface area contributed by atoms with Crippen LogP contribution < -0.4 is 0 Å². The van der Waals surface area contributed by atoms with Gasteiger partial charge >= 0.3 is 0 Å². The molecule has 98 valence electrons. The Morgan fingerprint density at radius 2 is 2.11 bits per heavy atom. The van der Waals surface area contributed by atoms with Crippen LogP contribution in [-0.2, 0) is 6.42 Å². The van der Waals surface area contributed by atoms with Crippen LogP contribution in [0.3, 0.4) is 0 Å². The van der Waals surface area contributed by atoms with Gasteiger partial charge in [0, 0.05) is 5.56 Å². The first-order chi connectivity index (χ1) is 9.10. The second-order valence-corrected chi connectivity index (χ2v) is 3.94. The Kier molecular flexibility index (Phi) is 3.63. The molecule has 1 heterocycles. The Bertz CT molecular complexity index is 618. The molecule has 0 radical (unpaired) electrons. The number of hydrogen-bond acceptors (Lipinski definition) is 7. The maximum atomic E-state index is 9.44. The Balaban J connectivity index is 2.16. The third-order valence-electron chi connectivity index (χ3n) is 2.44. The molecule has 0 bridgehead atoms. The number of aliphatic hydroxyl groups is 1. The summed E-state index contributed by atoms with van der Waals surface area (Å²) in [6.45, 7) is 0. The van der Waals surface area contributed by atoms with Crippen LogP contribution in [0.5, 0.6) is 11.5 Å². The van der Waals surface area contributed by atoms with E-state index < -0.39 is 6.10 Å². The van der Waals surface area contributed by atoms with Crippen molar-refractivity contribution in [3.8, 4) is 29.0 Å². The Hall–Kier alpha value is -2.59. The van der Waals surface area contributed by atoms with Gasteiger partial charge < -0.3 is 19.8 Å². The fraction of sp³-hybridized carbons (Fsp3) is 0.250. The zero-order valence-corrected chi connectivity index (χ0v) is 9.82. The molecule has 0 amide bonds. The van der Waals surface area contributed by atoms with Gasteiger partial charge in [-0.05, 0) is 18.2 Å². The van der Waals surface area contributed by atoms with Crippen LogP contribution >= 0.6 is 0 Å². The minimum absolute atomic E-state index is 0.0162. The molecule has 7 nitrogen and oxygen atoms in total. The lowest BCUT2D eigenvalue weighted by atomic mass is 10.2. The number of rotatable bonds is 4. The molecule has 1 atom stereocenters. The van der Waals surface area contributed by atoms with E-state index in [0.717, 1.165) is 0 Å². The van der Waals surface area contributed by atoms with Gasteiger partial charge in [0.2, 0.25) is 11.7 Å². The molecule has 1 aromatic heterocycles. The maximum Gasteiger partial charge on any atom is 0.229 e. The molecule has 0 spiro atoms. The van der Waals surface area contributed by atoms with Crippen molar-refractivity contribution in [2.75, 3.05) is 0 Å². The predicted octanol–water partition coefficient (Wildman–Crippen LogP) is 0.965. The third-order valence-corrected chi connectivity index (χ3v) is 2.44. The minimum atomic E-state index is -0.855. The lowest BCUT2D eigenvalue weighted by Gasteiger charge is -2.00. The molecule has 19 heavy (non-hydrogen) atoms. The molecule has 0 fully saturated rings. The Morgan fingerprint density at radius 3 is 2.79 bits per heavy atom. The van der Waals surface area contributed by atoms with E-state index in [-0.39, 0.29) is 36.1 Å². The summed E-state index contributed by atoms with van der Waals surface area (Å²) >= 11 is 0. The standard InChI is InChI=1S/C12H11N3O4/c13-4-3-8(16)6-11-14-12(15-19-11)7-1-2-9(17)10(18)5-7/h1-2,5,8,16-18H,3,6H2. The van der Waals surface area contributed by atoms with Crippen LogP contribution in [-0.4, -0.2) is 31.6 Å². The first kappa shape index (κ1) is 12.9. The highest BCUT2D eigenvalue weighted by Crippen LogP contribution is 2.29. The molecule has 0 saturated heterocycles. The average Bonchev–Trinajstić information content (AvgIpc) is 2.81. The topological polar surface area (TPSA) is 123 Å². The molecule has 2 aromatic rings. The van der Waals surface area contributed by atoms with Gasteiger partial charge in [-0.3, -0.25) is 0 Å².